The van der Waals surface area contributed by atoms with Crippen molar-refractivity contribution >= 4 is 11.4 Å². The summed E-state index contributed by atoms with van der Waals surface area (Å²) in [7, 11) is 0. The van der Waals surface area contributed by atoms with Gasteiger partial charge in [-0.25, -0.2) is 0 Å². The van der Waals surface area contributed by atoms with Gasteiger partial charge in [0.05, 0.1) is 11.4 Å². The van der Waals surface area contributed by atoms with Crippen molar-refractivity contribution in [2.75, 3.05) is 23.3 Å². The summed E-state index contributed by atoms with van der Waals surface area (Å²) in [5, 5.41) is 6.79. The first-order valence-corrected chi connectivity index (χ1v) is 4.31. The smallest absolute Gasteiger partial charge is 0.155 e. The molecule has 1 saturated heterocycles. The van der Waals surface area contributed by atoms with E-state index in [9.17, 15) is 0 Å². The Morgan fingerprint density at radius 2 is 2.25 bits per heavy atom. The minimum absolute atomic E-state index is 0.336. The summed E-state index contributed by atoms with van der Waals surface area (Å²) in [5.41, 5.74) is 2.57. The molecule has 0 amide bonds. The van der Waals surface area contributed by atoms with E-state index in [1.807, 2.05) is 0 Å². The molecule has 0 aliphatic carbocycles. The highest BCUT2D eigenvalue weighted by Crippen LogP contribution is 2.34. The van der Waals surface area contributed by atoms with Crippen LogP contribution in [0, 0.1) is 0 Å². The second-order valence-corrected chi connectivity index (χ2v) is 3.21. The van der Waals surface area contributed by atoms with E-state index in [0.717, 1.165) is 13.1 Å². The number of hydrogen-bond acceptors (Lipinski definition) is 3. The molecule has 0 spiro atoms. The molecule has 12 heavy (non-hydrogen) atoms. The number of fused-ring (bicyclic) bond motifs is 3. The van der Waals surface area contributed by atoms with E-state index in [2.05, 4.69) is 39.8 Å². The van der Waals surface area contributed by atoms with Crippen LogP contribution >= 0.6 is 0 Å². The largest absolute Gasteiger partial charge is 0.351 e. The highest BCUT2D eigenvalue weighted by molar-refractivity contribution is 5.76. The number of anilines is 2. The first-order valence-electron chi connectivity index (χ1n) is 4.31. The fourth-order valence-electron chi connectivity index (χ4n) is 1.94. The molecule has 1 unspecified atom stereocenters. The summed E-state index contributed by atoms with van der Waals surface area (Å²) in [6.07, 6.45) is 0.336. The van der Waals surface area contributed by atoms with Crippen molar-refractivity contribution in [3.63, 3.8) is 0 Å². The Hall–Kier alpha value is -1.22. The molecule has 0 saturated carbocycles. The molecule has 2 aliphatic heterocycles. The SMILES string of the molecule is c1ccc2c(c1)NC1NCCN21. The van der Waals surface area contributed by atoms with Gasteiger partial charge in [0, 0.05) is 13.1 Å². The first kappa shape index (κ1) is 6.31. The Labute approximate surface area is 71.4 Å². The molecule has 1 atom stereocenters. The Morgan fingerprint density at radius 1 is 1.33 bits per heavy atom. The van der Waals surface area contributed by atoms with E-state index in [1.165, 1.54) is 11.4 Å². The molecule has 2 aliphatic rings. The van der Waals surface area contributed by atoms with E-state index in [-0.39, 0.29) is 0 Å². The summed E-state index contributed by atoms with van der Waals surface area (Å²) in [6, 6.07) is 8.43. The predicted octanol–water partition coefficient (Wildman–Crippen LogP) is 0.805. The molecule has 1 aromatic rings. The molecule has 2 N–H and O–H groups in total. The van der Waals surface area contributed by atoms with Gasteiger partial charge in [0.2, 0.25) is 0 Å². The maximum absolute atomic E-state index is 3.41. The maximum Gasteiger partial charge on any atom is 0.155 e. The normalized spacial score (nSPS) is 25.0. The lowest BCUT2D eigenvalue weighted by Crippen LogP contribution is -2.36. The van der Waals surface area contributed by atoms with Crippen LogP contribution < -0.4 is 15.5 Å². The quantitative estimate of drug-likeness (QED) is 0.589. The zero-order valence-corrected chi connectivity index (χ0v) is 6.75. The lowest BCUT2D eigenvalue weighted by Gasteiger charge is -2.15. The topological polar surface area (TPSA) is 27.3 Å². The molecule has 0 aromatic heterocycles. The third kappa shape index (κ3) is 0.689. The highest BCUT2D eigenvalue weighted by Gasteiger charge is 2.31. The van der Waals surface area contributed by atoms with Crippen molar-refractivity contribution in [2.45, 2.75) is 6.29 Å². The van der Waals surface area contributed by atoms with Crippen molar-refractivity contribution in [1.29, 1.82) is 0 Å². The lowest BCUT2D eigenvalue weighted by molar-refractivity contribution is 0.697. The first-order chi connectivity index (χ1) is 5.95. The number of para-hydroxylation sites is 2. The minimum atomic E-state index is 0.336. The maximum atomic E-state index is 3.41. The van der Waals surface area contributed by atoms with E-state index in [4.69, 9.17) is 0 Å². The van der Waals surface area contributed by atoms with Gasteiger partial charge in [0.15, 0.2) is 6.29 Å². The molecule has 1 fully saturated rings. The average molecular weight is 161 g/mol. The molecule has 3 rings (SSSR count). The van der Waals surface area contributed by atoms with Crippen LogP contribution in [0.4, 0.5) is 11.4 Å². The summed E-state index contributed by atoms with van der Waals surface area (Å²) in [4.78, 5) is 2.36. The number of rotatable bonds is 0. The molecule has 2 heterocycles. The standard InChI is InChI=1S/C9H11N3/c1-2-4-8-7(3-1)11-9-10-5-6-12(8)9/h1-4,9-11H,5-6H2. The monoisotopic (exact) mass is 161 g/mol. The van der Waals surface area contributed by atoms with E-state index in [1.54, 1.807) is 0 Å². The van der Waals surface area contributed by atoms with Gasteiger partial charge < -0.3 is 10.2 Å². The van der Waals surface area contributed by atoms with Crippen LogP contribution in [0.2, 0.25) is 0 Å². The molecule has 3 heteroatoms. The molecular weight excluding hydrogens is 150 g/mol. The second kappa shape index (κ2) is 2.14. The number of nitrogens with one attached hydrogen (secondary N) is 2. The highest BCUT2D eigenvalue weighted by atomic mass is 15.5. The molecular formula is C9H11N3. The van der Waals surface area contributed by atoms with Crippen molar-refractivity contribution in [2.24, 2.45) is 0 Å². The predicted molar refractivity (Wildman–Crippen MR) is 49.2 cm³/mol. The van der Waals surface area contributed by atoms with E-state index < -0.39 is 0 Å². The summed E-state index contributed by atoms with van der Waals surface area (Å²) < 4.78 is 0. The van der Waals surface area contributed by atoms with Gasteiger partial charge in [-0.15, -0.1) is 0 Å². The van der Waals surface area contributed by atoms with Crippen LogP contribution in [0.1, 0.15) is 0 Å². The number of hydrogen-bond donors (Lipinski definition) is 2. The van der Waals surface area contributed by atoms with Crippen molar-refractivity contribution in [1.82, 2.24) is 5.32 Å². The summed E-state index contributed by atoms with van der Waals surface area (Å²) >= 11 is 0. The Bertz CT molecular complexity index is 310. The molecule has 0 radical (unpaired) electrons. The fraction of sp³-hybridized carbons (Fsp3) is 0.333. The summed E-state index contributed by atoms with van der Waals surface area (Å²) in [6.45, 7) is 2.18. The average Bonchev–Trinajstić information content (AvgIpc) is 2.62. The molecule has 62 valence electrons. The number of benzene rings is 1. The lowest BCUT2D eigenvalue weighted by atomic mass is 10.3. The zero-order valence-electron chi connectivity index (χ0n) is 6.75. The van der Waals surface area contributed by atoms with Crippen LogP contribution in [0.3, 0.4) is 0 Å². The summed E-state index contributed by atoms with van der Waals surface area (Å²) in [5.74, 6) is 0. The fourth-order valence-corrected chi connectivity index (χ4v) is 1.94. The van der Waals surface area contributed by atoms with Gasteiger partial charge in [-0.2, -0.15) is 0 Å². The molecule has 3 nitrogen and oxygen atoms in total. The van der Waals surface area contributed by atoms with Crippen LogP contribution in [-0.4, -0.2) is 19.4 Å². The van der Waals surface area contributed by atoms with Gasteiger partial charge >= 0.3 is 0 Å². The van der Waals surface area contributed by atoms with Crippen LogP contribution in [0.5, 0.6) is 0 Å². The van der Waals surface area contributed by atoms with Crippen LogP contribution in [0.15, 0.2) is 24.3 Å². The zero-order chi connectivity index (χ0) is 7.97. The third-order valence-corrected chi connectivity index (χ3v) is 2.51. The number of nitrogens with zero attached hydrogens (tertiary/aromatic N) is 1. The molecule has 0 bridgehead atoms. The van der Waals surface area contributed by atoms with E-state index >= 15 is 0 Å². The van der Waals surface area contributed by atoms with Crippen molar-refractivity contribution in [3.8, 4) is 0 Å². The van der Waals surface area contributed by atoms with Gasteiger partial charge in [0.1, 0.15) is 0 Å². The Balaban J connectivity index is 2.09. The second-order valence-electron chi connectivity index (χ2n) is 3.21. The third-order valence-electron chi connectivity index (χ3n) is 2.51. The Morgan fingerprint density at radius 3 is 3.25 bits per heavy atom. The molecule has 1 aromatic carbocycles. The minimum Gasteiger partial charge on any atom is -0.351 e. The van der Waals surface area contributed by atoms with Gasteiger partial charge in [-0.05, 0) is 12.1 Å². The Kier molecular flexibility index (Phi) is 1.12. The van der Waals surface area contributed by atoms with E-state index in [0.29, 0.717) is 6.29 Å². The van der Waals surface area contributed by atoms with Crippen molar-refractivity contribution in [3.05, 3.63) is 24.3 Å². The van der Waals surface area contributed by atoms with Crippen LogP contribution in [-0.2, 0) is 0 Å². The van der Waals surface area contributed by atoms with Crippen LogP contribution in [0.25, 0.3) is 0 Å². The van der Waals surface area contributed by atoms with Crippen molar-refractivity contribution < 1.29 is 0 Å². The van der Waals surface area contributed by atoms with Gasteiger partial charge in [-0.3, -0.25) is 5.32 Å². The van der Waals surface area contributed by atoms with Gasteiger partial charge in [0.25, 0.3) is 0 Å². The van der Waals surface area contributed by atoms with Gasteiger partial charge in [-0.1, -0.05) is 12.1 Å².